The second kappa shape index (κ2) is 8.05. The van der Waals surface area contributed by atoms with Crippen LogP contribution >= 0.6 is 22.7 Å². The molecule has 9 nitrogen and oxygen atoms in total. The molecular weight excluding hydrogens is 420 g/mol. The van der Waals surface area contributed by atoms with Gasteiger partial charge in [0.15, 0.2) is 5.13 Å². The SMILES string of the molecule is O=C(Nc1ncc(CCNc2ncnc3ccsc23)s1)Nc1cccc2nc[nH]c12. The molecule has 4 heterocycles. The third-order valence-electron chi connectivity index (χ3n) is 4.38. The first-order valence-corrected chi connectivity index (χ1v) is 10.8. The molecule has 0 radical (unpaired) electrons. The lowest BCUT2D eigenvalue weighted by molar-refractivity contribution is 0.262. The molecule has 0 bridgehead atoms. The summed E-state index contributed by atoms with van der Waals surface area (Å²) in [4.78, 5) is 33.5. The summed E-state index contributed by atoms with van der Waals surface area (Å²) in [5, 5.41) is 11.5. The molecule has 0 unspecified atom stereocenters. The van der Waals surface area contributed by atoms with Crippen molar-refractivity contribution in [2.45, 2.75) is 6.42 Å². The monoisotopic (exact) mass is 436 g/mol. The molecule has 5 aromatic rings. The van der Waals surface area contributed by atoms with Crippen molar-refractivity contribution in [2.24, 2.45) is 0 Å². The van der Waals surface area contributed by atoms with Gasteiger partial charge in [-0.2, -0.15) is 0 Å². The van der Waals surface area contributed by atoms with E-state index in [1.165, 1.54) is 11.3 Å². The normalized spacial score (nSPS) is 11.1. The molecule has 0 aliphatic heterocycles. The zero-order chi connectivity index (χ0) is 20.3. The lowest BCUT2D eigenvalue weighted by Gasteiger charge is -2.06. The number of aromatic amines is 1. The fourth-order valence-electron chi connectivity index (χ4n) is 3.02. The minimum atomic E-state index is -0.350. The summed E-state index contributed by atoms with van der Waals surface area (Å²) in [5.74, 6) is 0.838. The number of imidazole rings is 1. The van der Waals surface area contributed by atoms with Crippen LogP contribution in [0.4, 0.5) is 21.4 Å². The maximum absolute atomic E-state index is 12.3. The van der Waals surface area contributed by atoms with Gasteiger partial charge in [0.2, 0.25) is 0 Å². The van der Waals surface area contributed by atoms with Gasteiger partial charge in [-0.15, -0.1) is 22.7 Å². The van der Waals surface area contributed by atoms with Gasteiger partial charge in [0, 0.05) is 24.0 Å². The molecule has 0 fully saturated rings. The zero-order valence-electron chi connectivity index (χ0n) is 15.5. The Hall–Kier alpha value is -3.57. The number of urea groups is 1. The first-order valence-electron chi connectivity index (χ1n) is 9.13. The molecule has 0 atom stereocenters. The Bertz CT molecular complexity index is 1320. The highest BCUT2D eigenvalue weighted by molar-refractivity contribution is 7.17. The smallest absolute Gasteiger partial charge is 0.325 e. The van der Waals surface area contributed by atoms with E-state index in [0.29, 0.717) is 17.4 Å². The fourth-order valence-corrected chi connectivity index (χ4v) is 4.64. The van der Waals surface area contributed by atoms with Gasteiger partial charge in [-0.3, -0.25) is 5.32 Å². The van der Waals surface area contributed by atoms with Gasteiger partial charge in [-0.05, 0) is 23.6 Å². The number of fused-ring (bicyclic) bond motifs is 2. The Morgan fingerprint density at radius 2 is 2.03 bits per heavy atom. The summed E-state index contributed by atoms with van der Waals surface area (Å²) in [6, 6.07) is 7.16. The number of nitrogens with one attached hydrogen (secondary N) is 4. The van der Waals surface area contributed by atoms with Gasteiger partial charge in [-0.1, -0.05) is 6.07 Å². The van der Waals surface area contributed by atoms with E-state index in [9.17, 15) is 4.79 Å². The molecular formula is C19H16N8OS2. The van der Waals surface area contributed by atoms with Crippen LogP contribution in [0.15, 0.2) is 48.5 Å². The number of para-hydroxylation sites is 1. The van der Waals surface area contributed by atoms with Gasteiger partial charge in [0.05, 0.1) is 33.3 Å². The number of hydrogen-bond donors (Lipinski definition) is 4. The number of rotatable bonds is 6. The molecule has 5 rings (SSSR count). The standard InChI is InChI=1S/C19H16N8OS2/c28-18(26-13-3-1-2-12-15(13)24-9-22-12)27-19-21-8-11(30-19)4-6-20-17-16-14(5-7-29-16)23-10-25-17/h1-3,5,7-10H,4,6H2,(H,22,24)(H,20,23,25)(H2,21,26,27,28). The number of hydrogen-bond acceptors (Lipinski definition) is 8. The van der Waals surface area contributed by atoms with Crippen LogP contribution in [0.5, 0.6) is 0 Å². The van der Waals surface area contributed by atoms with Gasteiger partial charge in [-0.25, -0.2) is 24.7 Å². The second-order valence-corrected chi connectivity index (χ2v) is 8.38. The summed E-state index contributed by atoms with van der Waals surface area (Å²) in [6.45, 7) is 0.708. The summed E-state index contributed by atoms with van der Waals surface area (Å²) < 4.78 is 1.05. The van der Waals surface area contributed by atoms with Crippen LogP contribution < -0.4 is 16.0 Å². The predicted molar refractivity (Wildman–Crippen MR) is 120 cm³/mol. The Morgan fingerprint density at radius 1 is 1.07 bits per heavy atom. The average molecular weight is 437 g/mol. The fraction of sp³-hybridized carbons (Fsp3) is 0.105. The van der Waals surface area contributed by atoms with E-state index in [1.807, 2.05) is 29.6 Å². The number of aromatic nitrogens is 5. The lowest BCUT2D eigenvalue weighted by Crippen LogP contribution is -2.19. The van der Waals surface area contributed by atoms with Crippen molar-refractivity contribution in [3.05, 3.63) is 53.4 Å². The van der Waals surface area contributed by atoms with E-state index < -0.39 is 0 Å². The molecule has 11 heteroatoms. The minimum Gasteiger partial charge on any atom is -0.368 e. The second-order valence-electron chi connectivity index (χ2n) is 6.35. The average Bonchev–Trinajstić information content (AvgIpc) is 3.49. The summed E-state index contributed by atoms with van der Waals surface area (Å²) >= 11 is 3.06. The number of benzene rings is 1. The van der Waals surface area contributed by atoms with Crippen molar-refractivity contribution in [2.75, 3.05) is 22.5 Å². The van der Waals surface area contributed by atoms with Gasteiger partial charge < -0.3 is 15.6 Å². The number of carbonyl (C=O) groups excluding carboxylic acids is 1. The highest BCUT2D eigenvalue weighted by Gasteiger charge is 2.10. The number of amides is 2. The van der Waals surface area contributed by atoms with Gasteiger partial charge >= 0.3 is 6.03 Å². The Kier molecular flexibility index (Phi) is 4.95. The third kappa shape index (κ3) is 3.80. The number of carbonyl (C=O) groups is 1. The Labute approximate surface area is 178 Å². The highest BCUT2D eigenvalue weighted by Crippen LogP contribution is 2.25. The van der Waals surface area contributed by atoms with E-state index in [1.54, 1.807) is 30.2 Å². The summed E-state index contributed by atoms with van der Waals surface area (Å²) in [5.41, 5.74) is 3.18. The first-order chi connectivity index (χ1) is 14.8. The first kappa shape index (κ1) is 18.5. The molecule has 4 aromatic heterocycles. The molecule has 0 spiro atoms. The van der Waals surface area contributed by atoms with E-state index in [4.69, 9.17) is 0 Å². The maximum Gasteiger partial charge on any atom is 0.325 e. The quantitative estimate of drug-likeness (QED) is 0.315. The van der Waals surface area contributed by atoms with Crippen molar-refractivity contribution in [1.29, 1.82) is 0 Å². The van der Waals surface area contributed by atoms with E-state index in [0.717, 1.165) is 38.4 Å². The molecule has 0 aliphatic rings. The van der Waals surface area contributed by atoms with E-state index in [2.05, 4.69) is 40.9 Å². The Balaban J connectivity index is 1.17. The van der Waals surface area contributed by atoms with Crippen LogP contribution in [0, 0.1) is 0 Å². The third-order valence-corrected chi connectivity index (χ3v) is 6.27. The summed E-state index contributed by atoms with van der Waals surface area (Å²) in [6.07, 6.45) is 5.71. The molecule has 2 amide bonds. The maximum atomic E-state index is 12.3. The zero-order valence-corrected chi connectivity index (χ0v) is 17.2. The number of anilines is 3. The van der Waals surface area contributed by atoms with Gasteiger partial charge in [0.1, 0.15) is 12.1 Å². The van der Waals surface area contributed by atoms with Crippen LogP contribution in [0.3, 0.4) is 0 Å². The summed E-state index contributed by atoms with van der Waals surface area (Å²) in [7, 11) is 0. The number of nitrogens with zero attached hydrogens (tertiary/aromatic N) is 4. The number of thiophene rings is 1. The molecule has 1 aromatic carbocycles. The van der Waals surface area contributed by atoms with Crippen molar-refractivity contribution in [1.82, 2.24) is 24.9 Å². The predicted octanol–water partition coefficient (Wildman–Crippen LogP) is 4.32. The Morgan fingerprint density at radius 3 is 3.00 bits per heavy atom. The number of H-pyrrole nitrogens is 1. The van der Waals surface area contributed by atoms with Gasteiger partial charge in [0.25, 0.3) is 0 Å². The largest absolute Gasteiger partial charge is 0.368 e. The molecule has 0 saturated heterocycles. The van der Waals surface area contributed by atoms with Crippen molar-refractivity contribution < 1.29 is 4.79 Å². The minimum absolute atomic E-state index is 0.350. The van der Waals surface area contributed by atoms with E-state index in [-0.39, 0.29) is 6.03 Å². The molecule has 30 heavy (non-hydrogen) atoms. The lowest BCUT2D eigenvalue weighted by atomic mass is 10.2. The van der Waals surface area contributed by atoms with Crippen LogP contribution in [0.25, 0.3) is 21.3 Å². The highest BCUT2D eigenvalue weighted by atomic mass is 32.1. The topological polar surface area (TPSA) is 121 Å². The van der Waals surface area contributed by atoms with Crippen molar-refractivity contribution in [3.63, 3.8) is 0 Å². The number of thiazole rings is 1. The molecule has 0 aliphatic carbocycles. The van der Waals surface area contributed by atoms with Crippen LogP contribution in [-0.2, 0) is 6.42 Å². The van der Waals surface area contributed by atoms with Crippen LogP contribution in [0.2, 0.25) is 0 Å². The molecule has 150 valence electrons. The molecule has 4 N–H and O–H groups in total. The van der Waals surface area contributed by atoms with Crippen LogP contribution in [-0.4, -0.2) is 37.5 Å². The van der Waals surface area contributed by atoms with E-state index >= 15 is 0 Å². The van der Waals surface area contributed by atoms with Crippen LogP contribution in [0.1, 0.15) is 4.88 Å². The van der Waals surface area contributed by atoms with Crippen molar-refractivity contribution in [3.8, 4) is 0 Å². The molecule has 0 saturated carbocycles. The van der Waals surface area contributed by atoms with Crippen molar-refractivity contribution >= 4 is 66.6 Å².